The Hall–Kier alpha value is -0.610. The van der Waals surface area contributed by atoms with E-state index in [-0.39, 0.29) is 6.23 Å². The minimum atomic E-state index is -1.17. The Kier molecular flexibility index (Phi) is 3.34. The molecule has 2 heterocycles. The van der Waals surface area contributed by atoms with Gasteiger partial charge in [0, 0.05) is 17.5 Å². The molecule has 4 heteroatoms. The number of halogens is 1. The lowest BCUT2D eigenvalue weighted by Crippen LogP contribution is -2.54. The van der Waals surface area contributed by atoms with Crippen molar-refractivity contribution in [2.45, 2.75) is 38.2 Å². The van der Waals surface area contributed by atoms with Crippen LogP contribution in [0.25, 0.3) is 0 Å². The molecule has 2 aliphatic rings. The molecule has 104 valence electrons. The molecule has 2 aliphatic heterocycles. The van der Waals surface area contributed by atoms with Crippen molar-refractivity contribution in [3.8, 4) is 0 Å². The molecule has 0 radical (unpaired) electrons. The third kappa shape index (κ3) is 2.29. The Labute approximate surface area is 119 Å². The van der Waals surface area contributed by atoms with Crippen molar-refractivity contribution >= 4 is 11.6 Å². The van der Waals surface area contributed by atoms with Crippen molar-refractivity contribution in [1.29, 1.82) is 0 Å². The summed E-state index contributed by atoms with van der Waals surface area (Å²) in [5.41, 5.74) is 0.810. The van der Waals surface area contributed by atoms with Crippen molar-refractivity contribution < 1.29 is 14.3 Å². The van der Waals surface area contributed by atoms with Crippen LogP contribution in [-0.4, -0.2) is 35.5 Å². The molecule has 0 aliphatic carbocycles. The van der Waals surface area contributed by atoms with Crippen LogP contribution in [0.2, 0.25) is 5.02 Å². The number of piperidine rings is 1. The van der Waals surface area contributed by atoms with Gasteiger partial charge in [0.2, 0.25) is 5.79 Å². The van der Waals surface area contributed by atoms with Gasteiger partial charge < -0.3 is 5.11 Å². The van der Waals surface area contributed by atoms with E-state index < -0.39 is 5.79 Å². The second-order valence-corrected chi connectivity index (χ2v) is 6.33. The first-order valence-corrected chi connectivity index (χ1v) is 7.44. The number of aliphatic hydroxyl groups is 1. The molecule has 0 bridgehead atoms. The fourth-order valence-corrected chi connectivity index (χ4v) is 3.65. The largest absolute Gasteiger partial charge is 0.357 e. The monoisotopic (exact) mass is 282 g/mol. The SMILES string of the molecule is CC1OC(O)(c2ccc(Cl)cc2)C[N+]12CCCCC2. The molecule has 1 N–H and O–H groups in total. The van der Waals surface area contributed by atoms with Gasteiger partial charge in [-0.05, 0) is 31.4 Å². The normalized spacial score (nSPS) is 33.7. The first kappa shape index (κ1) is 13.4. The van der Waals surface area contributed by atoms with Crippen LogP contribution in [0, 0.1) is 0 Å². The van der Waals surface area contributed by atoms with Crippen LogP contribution in [0.5, 0.6) is 0 Å². The summed E-state index contributed by atoms with van der Waals surface area (Å²) in [7, 11) is 0. The van der Waals surface area contributed by atoms with Gasteiger partial charge in [0.05, 0.1) is 13.1 Å². The second kappa shape index (κ2) is 4.74. The summed E-state index contributed by atoms with van der Waals surface area (Å²) in [6, 6.07) is 7.34. The number of ether oxygens (including phenoxy) is 1. The molecule has 2 unspecified atom stereocenters. The maximum atomic E-state index is 10.9. The highest BCUT2D eigenvalue weighted by atomic mass is 35.5. The van der Waals surface area contributed by atoms with Crippen LogP contribution in [-0.2, 0) is 10.5 Å². The van der Waals surface area contributed by atoms with Gasteiger partial charge in [-0.1, -0.05) is 23.7 Å². The average Bonchev–Trinajstić information content (AvgIpc) is 2.63. The summed E-state index contributed by atoms with van der Waals surface area (Å²) in [6.45, 7) is 4.95. The third-order valence-corrected chi connectivity index (χ3v) is 4.92. The fourth-order valence-electron chi connectivity index (χ4n) is 3.52. The quantitative estimate of drug-likeness (QED) is 0.803. The van der Waals surface area contributed by atoms with Crippen LogP contribution in [0.4, 0.5) is 0 Å². The van der Waals surface area contributed by atoms with Gasteiger partial charge in [0.1, 0.15) is 6.54 Å². The van der Waals surface area contributed by atoms with E-state index >= 15 is 0 Å². The predicted molar refractivity (Wildman–Crippen MR) is 74.6 cm³/mol. The maximum Gasteiger partial charge on any atom is 0.248 e. The highest BCUT2D eigenvalue weighted by molar-refractivity contribution is 6.30. The number of hydrogen-bond donors (Lipinski definition) is 1. The molecule has 3 rings (SSSR count). The summed E-state index contributed by atoms with van der Waals surface area (Å²) in [5, 5.41) is 11.5. The first-order chi connectivity index (χ1) is 9.04. The number of rotatable bonds is 1. The van der Waals surface area contributed by atoms with Crippen molar-refractivity contribution in [2.75, 3.05) is 19.6 Å². The molecule has 2 atom stereocenters. The zero-order valence-corrected chi connectivity index (χ0v) is 12.1. The molecule has 19 heavy (non-hydrogen) atoms. The number of hydrogen-bond acceptors (Lipinski definition) is 2. The molecule has 1 aromatic carbocycles. The lowest BCUT2D eigenvalue weighted by atomic mass is 10.0. The lowest BCUT2D eigenvalue weighted by molar-refractivity contribution is -0.953. The highest BCUT2D eigenvalue weighted by Gasteiger charge is 2.54. The molecule has 1 aromatic rings. The molecular formula is C15H21ClNO2+. The molecule has 0 amide bonds. The second-order valence-electron chi connectivity index (χ2n) is 5.89. The van der Waals surface area contributed by atoms with Crippen LogP contribution < -0.4 is 0 Å². The fraction of sp³-hybridized carbons (Fsp3) is 0.600. The van der Waals surface area contributed by atoms with E-state index in [9.17, 15) is 5.11 Å². The zero-order chi connectivity index (χ0) is 13.5. The number of quaternary nitrogens is 1. The summed E-state index contributed by atoms with van der Waals surface area (Å²) >= 11 is 5.91. The first-order valence-electron chi connectivity index (χ1n) is 7.06. The summed E-state index contributed by atoms with van der Waals surface area (Å²) < 4.78 is 6.84. The molecule has 3 nitrogen and oxygen atoms in total. The summed E-state index contributed by atoms with van der Waals surface area (Å²) in [6.07, 6.45) is 3.81. The minimum Gasteiger partial charge on any atom is -0.357 e. The van der Waals surface area contributed by atoms with Crippen molar-refractivity contribution in [3.05, 3.63) is 34.9 Å². The molecule has 0 saturated carbocycles. The molecular weight excluding hydrogens is 262 g/mol. The number of nitrogens with zero attached hydrogens (tertiary/aromatic N) is 1. The van der Waals surface area contributed by atoms with E-state index in [0.717, 1.165) is 23.1 Å². The van der Waals surface area contributed by atoms with Crippen molar-refractivity contribution in [3.63, 3.8) is 0 Å². The van der Waals surface area contributed by atoms with Gasteiger partial charge in [-0.15, -0.1) is 0 Å². The van der Waals surface area contributed by atoms with E-state index in [1.807, 2.05) is 24.3 Å². The summed E-state index contributed by atoms with van der Waals surface area (Å²) in [4.78, 5) is 0. The number of benzene rings is 1. The van der Waals surface area contributed by atoms with E-state index in [0.29, 0.717) is 11.6 Å². The predicted octanol–water partition coefficient (Wildman–Crippen LogP) is 2.86. The maximum absolute atomic E-state index is 10.9. The minimum absolute atomic E-state index is 0.0565. The van der Waals surface area contributed by atoms with Gasteiger partial charge in [-0.3, -0.25) is 9.22 Å². The van der Waals surface area contributed by atoms with Crippen LogP contribution in [0.3, 0.4) is 0 Å². The van der Waals surface area contributed by atoms with E-state index in [1.54, 1.807) is 0 Å². The Balaban J connectivity index is 1.88. The topological polar surface area (TPSA) is 29.5 Å². The van der Waals surface area contributed by atoms with Crippen LogP contribution >= 0.6 is 11.6 Å². The van der Waals surface area contributed by atoms with Gasteiger partial charge >= 0.3 is 0 Å². The molecule has 1 spiro atoms. The van der Waals surface area contributed by atoms with Crippen molar-refractivity contribution in [1.82, 2.24) is 0 Å². The third-order valence-electron chi connectivity index (χ3n) is 4.67. The van der Waals surface area contributed by atoms with Crippen LogP contribution in [0.15, 0.2) is 24.3 Å². The van der Waals surface area contributed by atoms with Gasteiger partial charge in [0.15, 0.2) is 6.23 Å². The Morgan fingerprint density at radius 2 is 1.84 bits per heavy atom. The lowest BCUT2D eigenvalue weighted by Gasteiger charge is -2.39. The van der Waals surface area contributed by atoms with Crippen LogP contribution in [0.1, 0.15) is 31.7 Å². The highest BCUT2D eigenvalue weighted by Crippen LogP contribution is 2.40. The van der Waals surface area contributed by atoms with Gasteiger partial charge in [0.25, 0.3) is 0 Å². The van der Waals surface area contributed by atoms with E-state index in [1.165, 1.54) is 19.3 Å². The van der Waals surface area contributed by atoms with Crippen molar-refractivity contribution in [2.24, 2.45) is 0 Å². The smallest absolute Gasteiger partial charge is 0.248 e. The Bertz CT molecular complexity index is 456. The Morgan fingerprint density at radius 3 is 2.47 bits per heavy atom. The van der Waals surface area contributed by atoms with E-state index in [4.69, 9.17) is 16.3 Å². The standard InChI is InChI=1S/C15H21ClNO2/c1-12-17(9-3-2-4-10-17)11-15(18,19-12)13-5-7-14(16)8-6-13/h5-8,12,18H,2-4,9-11H2,1H3/q+1. The average molecular weight is 283 g/mol. The van der Waals surface area contributed by atoms with E-state index in [2.05, 4.69) is 6.92 Å². The van der Waals surface area contributed by atoms with Gasteiger partial charge in [-0.2, -0.15) is 0 Å². The molecule has 2 fully saturated rings. The molecule has 2 saturated heterocycles. The summed E-state index contributed by atoms with van der Waals surface area (Å²) in [5.74, 6) is -1.17. The van der Waals surface area contributed by atoms with Gasteiger partial charge in [-0.25, -0.2) is 0 Å². The zero-order valence-electron chi connectivity index (χ0n) is 11.3. The molecule has 0 aromatic heterocycles. The Morgan fingerprint density at radius 1 is 1.21 bits per heavy atom.